The summed E-state index contributed by atoms with van der Waals surface area (Å²) in [4.78, 5) is 0. The molecule has 0 unspecified atom stereocenters. The van der Waals surface area contributed by atoms with Crippen molar-refractivity contribution in [3.63, 3.8) is 0 Å². The fourth-order valence-electron chi connectivity index (χ4n) is 2.62. The van der Waals surface area contributed by atoms with Gasteiger partial charge in [0.25, 0.3) is 0 Å². The summed E-state index contributed by atoms with van der Waals surface area (Å²) >= 11 is 0. The average Bonchev–Trinajstić information content (AvgIpc) is 2.50. The van der Waals surface area contributed by atoms with Crippen LogP contribution < -0.4 is 0 Å². The van der Waals surface area contributed by atoms with Gasteiger partial charge in [0.15, 0.2) is 0 Å². The van der Waals surface area contributed by atoms with E-state index in [-0.39, 0.29) is 0 Å². The first-order chi connectivity index (χ1) is 9.81. The standard InChI is InChI=1S/C20H20/c1-16-7-11-19(12-8-16)20-13-9-18(10-14-20)15-17-5-3-2-4-6-17/h2-3,5,7-14H,4,6,15H2,1H3. The highest BCUT2D eigenvalue weighted by Crippen LogP contribution is 2.22. The number of hydrogen-bond acceptors (Lipinski definition) is 0. The second kappa shape index (κ2) is 5.92. The van der Waals surface area contributed by atoms with Crippen LogP contribution >= 0.6 is 0 Å². The van der Waals surface area contributed by atoms with Gasteiger partial charge in [-0.3, -0.25) is 0 Å². The van der Waals surface area contributed by atoms with Gasteiger partial charge in [-0.15, -0.1) is 0 Å². The molecule has 0 heterocycles. The van der Waals surface area contributed by atoms with Crippen molar-refractivity contribution in [3.05, 3.63) is 83.5 Å². The Bertz CT molecular complexity index is 625. The van der Waals surface area contributed by atoms with E-state index in [9.17, 15) is 0 Å². The molecule has 0 radical (unpaired) electrons. The van der Waals surface area contributed by atoms with E-state index in [1.165, 1.54) is 40.7 Å². The summed E-state index contributed by atoms with van der Waals surface area (Å²) in [7, 11) is 0. The van der Waals surface area contributed by atoms with Crippen molar-refractivity contribution in [2.75, 3.05) is 0 Å². The molecule has 0 nitrogen and oxygen atoms in total. The van der Waals surface area contributed by atoms with Crippen molar-refractivity contribution in [2.24, 2.45) is 0 Å². The Morgan fingerprint density at radius 1 is 0.850 bits per heavy atom. The molecule has 0 amide bonds. The molecule has 0 heteroatoms. The van der Waals surface area contributed by atoms with Gasteiger partial charge in [-0.25, -0.2) is 0 Å². The predicted octanol–water partition coefficient (Wildman–Crippen LogP) is 5.48. The molecule has 0 fully saturated rings. The molecule has 0 bridgehead atoms. The third-order valence-electron chi connectivity index (χ3n) is 3.87. The Hall–Kier alpha value is -2.08. The molecule has 2 aromatic carbocycles. The molecule has 0 atom stereocenters. The van der Waals surface area contributed by atoms with Crippen LogP contribution in [0.1, 0.15) is 24.0 Å². The molecule has 1 aliphatic carbocycles. The van der Waals surface area contributed by atoms with Gasteiger partial charge in [0.1, 0.15) is 0 Å². The minimum atomic E-state index is 1.08. The van der Waals surface area contributed by atoms with Gasteiger partial charge < -0.3 is 0 Å². The molecule has 0 saturated carbocycles. The van der Waals surface area contributed by atoms with Crippen molar-refractivity contribution in [1.29, 1.82) is 0 Å². The van der Waals surface area contributed by atoms with E-state index >= 15 is 0 Å². The second-order valence-electron chi connectivity index (χ2n) is 5.53. The average molecular weight is 260 g/mol. The first-order valence-electron chi connectivity index (χ1n) is 7.32. The molecule has 0 spiro atoms. The number of aryl methyl sites for hydroxylation is 1. The lowest BCUT2D eigenvalue weighted by Crippen LogP contribution is -1.93. The highest BCUT2D eigenvalue weighted by molar-refractivity contribution is 5.64. The first-order valence-corrected chi connectivity index (χ1v) is 7.32. The molecule has 0 saturated heterocycles. The molecule has 0 N–H and O–H groups in total. The maximum atomic E-state index is 2.26. The lowest BCUT2D eigenvalue weighted by molar-refractivity contribution is 0.911. The smallest absolute Gasteiger partial charge is 0.00639 e. The summed E-state index contributed by atoms with van der Waals surface area (Å²) in [6.45, 7) is 2.12. The van der Waals surface area contributed by atoms with Crippen molar-refractivity contribution in [2.45, 2.75) is 26.2 Å². The number of hydrogen-bond donors (Lipinski definition) is 0. The minimum Gasteiger partial charge on any atom is -0.0842 e. The minimum absolute atomic E-state index is 1.08. The Morgan fingerprint density at radius 3 is 2.10 bits per heavy atom. The second-order valence-corrected chi connectivity index (χ2v) is 5.53. The number of benzene rings is 2. The lowest BCUT2D eigenvalue weighted by atomic mass is 9.96. The van der Waals surface area contributed by atoms with E-state index < -0.39 is 0 Å². The zero-order valence-electron chi connectivity index (χ0n) is 12.0. The number of allylic oxidation sites excluding steroid dienone is 4. The van der Waals surface area contributed by atoms with E-state index in [1.54, 1.807) is 0 Å². The van der Waals surface area contributed by atoms with Gasteiger partial charge in [0.2, 0.25) is 0 Å². The van der Waals surface area contributed by atoms with Gasteiger partial charge >= 0.3 is 0 Å². The third kappa shape index (κ3) is 3.08. The zero-order chi connectivity index (χ0) is 13.8. The Kier molecular flexibility index (Phi) is 3.83. The summed E-state index contributed by atoms with van der Waals surface area (Å²) in [6, 6.07) is 17.7. The molecule has 2 aromatic rings. The van der Waals surface area contributed by atoms with Crippen LogP contribution in [-0.4, -0.2) is 0 Å². The van der Waals surface area contributed by atoms with Crippen molar-refractivity contribution < 1.29 is 0 Å². The van der Waals surface area contributed by atoms with E-state index in [4.69, 9.17) is 0 Å². The van der Waals surface area contributed by atoms with Gasteiger partial charge in [0, 0.05) is 0 Å². The van der Waals surface area contributed by atoms with Gasteiger partial charge in [-0.05, 0) is 42.9 Å². The fourth-order valence-corrected chi connectivity index (χ4v) is 2.62. The predicted molar refractivity (Wildman–Crippen MR) is 86.8 cm³/mol. The van der Waals surface area contributed by atoms with Crippen molar-refractivity contribution in [1.82, 2.24) is 0 Å². The highest BCUT2D eigenvalue weighted by Gasteiger charge is 2.02. The monoisotopic (exact) mass is 260 g/mol. The first kappa shape index (κ1) is 12.9. The highest BCUT2D eigenvalue weighted by atomic mass is 14.1. The molecule has 1 aliphatic rings. The summed E-state index contributed by atoms with van der Waals surface area (Å²) in [5.74, 6) is 0. The van der Waals surface area contributed by atoms with Gasteiger partial charge in [-0.1, -0.05) is 77.9 Å². The molecule has 0 aliphatic heterocycles. The lowest BCUT2D eigenvalue weighted by Gasteiger charge is -2.10. The quantitative estimate of drug-likeness (QED) is 0.685. The van der Waals surface area contributed by atoms with Crippen LogP contribution in [-0.2, 0) is 6.42 Å². The Balaban J connectivity index is 1.75. The van der Waals surface area contributed by atoms with Gasteiger partial charge in [0.05, 0.1) is 0 Å². The molecule has 3 rings (SSSR count). The van der Waals surface area contributed by atoms with Gasteiger partial charge in [-0.2, -0.15) is 0 Å². The molecular formula is C20H20. The van der Waals surface area contributed by atoms with Crippen LogP contribution in [0.2, 0.25) is 0 Å². The summed E-state index contributed by atoms with van der Waals surface area (Å²) in [5.41, 5.74) is 6.84. The van der Waals surface area contributed by atoms with Crippen LogP contribution in [0.15, 0.2) is 72.3 Å². The summed E-state index contributed by atoms with van der Waals surface area (Å²) in [5, 5.41) is 0. The van der Waals surface area contributed by atoms with Crippen LogP contribution in [0.3, 0.4) is 0 Å². The van der Waals surface area contributed by atoms with E-state index in [0.717, 1.165) is 6.42 Å². The van der Waals surface area contributed by atoms with Crippen LogP contribution in [0.25, 0.3) is 11.1 Å². The van der Waals surface area contributed by atoms with E-state index in [2.05, 4.69) is 73.7 Å². The van der Waals surface area contributed by atoms with Crippen molar-refractivity contribution in [3.8, 4) is 11.1 Å². The van der Waals surface area contributed by atoms with Crippen LogP contribution in [0.4, 0.5) is 0 Å². The summed E-state index contributed by atoms with van der Waals surface area (Å²) < 4.78 is 0. The third-order valence-corrected chi connectivity index (χ3v) is 3.87. The van der Waals surface area contributed by atoms with E-state index in [1.807, 2.05) is 0 Å². The molecular weight excluding hydrogens is 240 g/mol. The van der Waals surface area contributed by atoms with Crippen molar-refractivity contribution >= 4 is 0 Å². The van der Waals surface area contributed by atoms with Crippen LogP contribution in [0.5, 0.6) is 0 Å². The van der Waals surface area contributed by atoms with E-state index in [0.29, 0.717) is 0 Å². The molecule has 20 heavy (non-hydrogen) atoms. The zero-order valence-corrected chi connectivity index (χ0v) is 12.0. The molecule has 0 aromatic heterocycles. The summed E-state index contributed by atoms with van der Waals surface area (Å²) in [6.07, 6.45) is 10.2. The Labute approximate surface area is 121 Å². The Morgan fingerprint density at radius 2 is 1.50 bits per heavy atom. The number of rotatable bonds is 3. The maximum absolute atomic E-state index is 2.26. The maximum Gasteiger partial charge on any atom is -0.00639 e. The normalized spacial score (nSPS) is 14.2. The van der Waals surface area contributed by atoms with Crippen LogP contribution in [0, 0.1) is 6.92 Å². The fraction of sp³-hybridized carbons (Fsp3) is 0.200. The SMILES string of the molecule is Cc1ccc(-c2ccc(CC3=CC=CCC3)cc2)cc1. The molecule has 100 valence electrons. The topological polar surface area (TPSA) is 0 Å². The largest absolute Gasteiger partial charge is 0.0842 e.